The Labute approximate surface area is 154 Å². The lowest BCUT2D eigenvalue weighted by atomic mass is 10.2. The van der Waals surface area contributed by atoms with Crippen LogP contribution in [0.3, 0.4) is 0 Å². The van der Waals surface area contributed by atoms with Crippen LogP contribution in [-0.2, 0) is 0 Å². The number of nitrogens with zero attached hydrogens (tertiary/aromatic N) is 3. The van der Waals surface area contributed by atoms with Crippen molar-refractivity contribution < 1.29 is 14.3 Å². The number of ether oxygens (including phenoxy) is 2. The molecule has 0 bridgehead atoms. The van der Waals surface area contributed by atoms with Gasteiger partial charge in [0.25, 0.3) is 5.91 Å². The number of carbonyl (C=O) groups is 1. The standard InChI is InChI=1S/C19H26N4O3/c1-5-11-23(12-6-2)19(24)16-9-10-18(22-21-16)20-15-8-7-14(25-3)13-17(15)26-4/h7-10,13H,5-6,11-12H2,1-4H3,(H,20,22). The van der Waals surface area contributed by atoms with E-state index in [1.807, 2.05) is 17.0 Å². The normalized spacial score (nSPS) is 10.3. The fraction of sp³-hybridized carbons (Fsp3) is 0.421. The molecule has 0 saturated carbocycles. The smallest absolute Gasteiger partial charge is 0.274 e. The molecule has 0 aliphatic carbocycles. The number of carbonyl (C=O) groups excluding carboxylic acids is 1. The van der Waals surface area contributed by atoms with Crippen molar-refractivity contribution >= 4 is 17.4 Å². The molecule has 1 heterocycles. The highest BCUT2D eigenvalue weighted by atomic mass is 16.5. The molecule has 2 rings (SSSR count). The molecule has 1 aromatic heterocycles. The second-order valence-corrected chi connectivity index (χ2v) is 5.79. The van der Waals surface area contributed by atoms with E-state index in [1.54, 1.807) is 32.4 Å². The average molecular weight is 358 g/mol. The van der Waals surface area contributed by atoms with Gasteiger partial charge in [0.2, 0.25) is 0 Å². The first-order valence-electron chi connectivity index (χ1n) is 8.75. The van der Waals surface area contributed by atoms with E-state index in [9.17, 15) is 4.79 Å². The van der Waals surface area contributed by atoms with Crippen molar-refractivity contribution in [1.82, 2.24) is 15.1 Å². The van der Waals surface area contributed by atoms with Crippen molar-refractivity contribution in [3.63, 3.8) is 0 Å². The summed E-state index contributed by atoms with van der Waals surface area (Å²) in [6.45, 7) is 5.54. The Morgan fingerprint density at radius 1 is 1.04 bits per heavy atom. The van der Waals surface area contributed by atoms with E-state index in [2.05, 4.69) is 29.4 Å². The molecule has 0 saturated heterocycles. The van der Waals surface area contributed by atoms with Gasteiger partial charge in [0, 0.05) is 19.2 Å². The van der Waals surface area contributed by atoms with E-state index in [0.29, 0.717) is 23.0 Å². The Kier molecular flexibility index (Phi) is 7.20. The maximum absolute atomic E-state index is 12.5. The summed E-state index contributed by atoms with van der Waals surface area (Å²) in [4.78, 5) is 14.3. The van der Waals surface area contributed by atoms with Crippen LogP contribution in [0.5, 0.6) is 11.5 Å². The monoisotopic (exact) mass is 358 g/mol. The van der Waals surface area contributed by atoms with Gasteiger partial charge in [0.15, 0.2) is 11.5 Å². The van der Waals surface area contributed by atoms with Crippen molar-refractivity contribution in [3.05, 3.63) is 36.0 Å². The summed E-state index contributed by atoms with van der Waals surface area (Å²) < 4.78 is 10.5. The zero-order valence-electron chi connectivity index (χ0n) is 15.8. The molecular weight excluding hydrogens is 332 g/mol. The first-order valence-corrected chi connectivity index (χ1v) is 8.75. The topological polar surface area (TPSA) is 76.6 Å². The fourth-order valence-electron chi connectivity index (χ4n) is 2.57. The summed E-state index contributed by atoms with van der Waals surface area (Å²) in [5, 5.41) is 11.3. The molecule has 140 valence electrons. The minimum Gasteiger partial charge on any atom is -0.497 e. The van der Waals surface area contributed by atoms with Crippen LogP contribution in [-0.4, -0.2) is 48.3 Å². The maximum atomic E-state index is 12.5. The molecule has 26 heavy (non-hydrogen) atoms. The molecule has 7 heteroatoms. The Morgan fingerprint density at radius 2 is 1.77 bits per heavy atom. The Balaban J connectivity index is 2.13. The highest BCUT2D eigenvalue weighted by Gasteiger charge is 2.16. The summed E-state index contributed by atoms with van der Waals surface area (Å²) in [5.41, 5.74) is 1.08. The van der Waals surface area contributed by atoms with Crippen molar-refractivity contribution in [2.24, 2.45) is 0 Å². The van der Waals surface area contributed by atoms with Gasteiger partial charge in [-0.1, -0.05) is 13.8 Å². The van der Waals surface area contributed by atoms with E-state index in [4.69, 9.17) is 9.47 Å². The quantitative estimate of drug-likeness (QED) is 0.739. The number of aromatic nitrogens is 2. The fourth-order valence-corrected chi connectivity index (χ4v) is 2.57. The molecule has 0 atom stereocenters. The first kappa shape index (κ1) is 19.5. The number of methoxy groups -OCH3 is 2. The molecule has 1 amide bonds. The van der Waals surface area contributed by atoms with Crippen LogP contribution in [0.2, 0.25) is 0 Å². The molecule has 1 N–H and O–H groups in total. The SMILES string of the molecule is CCCN(CCC)C(=O)c1ccc(Nc2ccc(OC)cc2OC)nn1. The highest BCUT2D eigenvalue weighted by Crippen LogP contribution is 2.30. The Bertz CT molecular complexity index is 713. The van der Waals surface area contributed by atoms with Crippen molar-refractivity contribution in [2.75, 3.05) is 32.6 Å². The van der Waals surface area contributed by atoms with E-state index in [-0.39, 0.29) is 5.91 Å². The van der Waals surface area contributed by atoms with Crippen LogP contribution in [0.1, 0.15) is 37.2 Å². The van der Waals surface area contributed by atoms with Gasteiger partial charge in [-0.15, -0.1) is 10.2 Å². The molecule has 0 fully saturated rings. The van der Waals surface area contributed by atoms with E-state index in [0.717, 1.165) is 31.6 Å². The van der Waals surface area contributed by atoms with Gasteiger partial charge in [0.05, 0.1) is 19.9 Å². The first-order chi connectivity index (χ1) is 12.6. The van der Waals surface area contributed by atoms with Gasteiger partial charge in [-0.2, -0.15) is 0 Å². The van der Waals surface area contributed by atoms with E-state index >= 15 is 0 Å². The van der Waals surface area contributed by atoms with Crippen molar-refractivity contribution in [3.8, 4) is 11.5 Å². The average Bonchev–Trinajstić information content (AvgIpc) is 2.68. The lowest BCUT2D eigenvalue weighted by Crippen LogP contribution is -2.33. The number of anilines is 2. The predicted molar refractivity (Wildman–Crippen MR) is 101 cm³/mol. The lowest BCUT2D eigenvalue weighted by Gasteiger charge is -2.20. The third-order valence-electron chi connectivity index (χ3n) is 3.83. The number of rotatable bonds is 9. The van der Waals surface area contributed by atoms with Gasteiger partial charge < -0.3 is 19.7 Å². The van der Waals surface area contributed by atoms with Crippen molar-refractivity contribution in [1.29, 1.82) is 0 Å². The second-order valence-electron chi connectivity index (χ2n) is 5.79. The largest absolute Gasteiger partial charge is 0.497 e. The Hall–Kier alpha value is -2.83. The van der Waals surface area contributed by atoms with Crippen LogP contribution in [0.25, 0.3) is 0 Å². The van der Waals surface area contributed by atoms with E-state index in [1.165, 1.54) is 0 Å². The number of amides is 1. The number of nitrogens with one attached hydrogen (secondary N) is 1. The molecule has 0 aliphatic heterocycles. The summed E-state index contributed by atoms with van der Waals surface area (Å²) >= 11 is 0. The van der Waals surface area contributed by atoms with Gasteiger partial charge in [-0.3, -0.25) is 4.79 Å². The van der Waals surface area contributed by atoms with Crippen LogP contribution < -0.4 is 14.8 Å². The summed E-state index contributed by atoms with van der Waals surface area (Å²) in [6, 6.07) is 8.86. The summed E-state index contributed by atoms with van der Waals surface area (Å²) in [6.07, 6.45) is 1.83. The van der Waals surface area contributed by atoms with Crippen LogP contribution >= 0.6 is 0 Å². The molecular formula is C19H26N4O3. The molecule has 7 nitrogen and oxygen atoms in total. The minimum absolute atomic E-state index is 0.0882. The number of benzene rings is 1. The number of hydrogen-bond acceptors (Lipinski definition) is 6. The second kappa shape index (κ2) is 9.60. The summed E-state index contributed by atoms with van der Waals surface area (Å²) in [7, 11) is 3.19. The number of hydrogen-bond donors (Lipinski definition) is 1. The molecule has 0 unspecified atom stereocenters. The van der Waals surface area contributed by atoms with Gasteiger partial charge in [-0.05, 0) is 37.1 Å². The third-order valence-corrected chi connectivity index (χ3v) is 3.83. The van der Waals surface area contributed by atoms with Crippen LogP contribution in [0, 0.1) is 0 Å². The van der Waals surface area contributed by atoms with Crippen LogP contribution in [0.4, 0.5) is 11.5 Å². The summed E-state index contributed by atoms with van der Waals surface area (Å²) in [5.74, 6) is 1.77. The molecule has 0 aliphatic rings. The predicted octanol–water partition coefficient (Wildman–Crippen LogP) is 3.50. The molecule has 1 aromatic carbocycles. The third kappa shape index (κ3) is 4.84. The van der Waals surface area contributed by atoms with Crippen molar-refractivity contribution in [2.45, 2.75) is 26.7 Å². The molecule has 0 radical (unpaired) electrons. The Morgan fingerprint density at radius 3 is 2.31 bits per heavy atom. The van der Waals surface area contributed by atoms with Gasteiger partial charge in [0.1, 0.15) is 11.5 Å². The van der Waals surface area contributed by atoms with Gasteiger partial charge in [-0.25, -0.2) is 0 Å². The highest BCUT2D eigenvalue weighted by molar-refractivity contribution is 5.92. The van der Waals surface area contributed by atoms with E-state index < -0.39 is 0 Å². The van der Waals surface area contributed by atoms with Gasteiger partial charge >= 0.3 is 0 Å². The lowest BCUT2D eigenvalue weighted by molar-refractivity contribution is 0.0748. The van der Waals surface area contributed by atoms with Crippen LogP contribution in [0.15, 0.2) is 30.3 Å². The molecule has 0 spiro atoms. The minimum atomic E-state index is -0.0882. The zero-order valence-corrected chi connectivity index (χ0v) is 15.8. The molecule has 2 aromatic rings. The maximum Gasteiger partial charge on any atom is 0.274 e. The zero-order chi connectivity index (χ0) is 18.9.